The Morgan fingerprint density at radius 2 is 2.05 bits per heavy atom. The molecule has 0 saturated carbocycles. The highest BCUT2D eigenvalue weighted by atomic mass is 19.4. The highest BCUT2D eigenvalue weighted by Crippen LogP contribution is 2.40. The highest BCUT2D eigenvalue weighted by molar-refractivity contribution is 5.74. The molecule has 1 N–H and O–H groups in total. The third-order valence-electron chi connectivity index (χ3n) is 3.51. The van der Waals surface area contributed by atoms with E-state index in [4.69, 9.17) is 0 Å². The number of anilines is 1. The number of nitrogens with zero attached hydrogens (tertiary/aromatic N) is 2. The summed E-state index contributed by atoms with van der Waals surface area (Å²) < 4.78 is 41.1. The zero-order valence-electron chi connectivity index (χ0n) is 11.0. The van der Waals surface area contributed by atoms with Crippen molar-refractivity contribution in [1.29, 1.82) is 0 Å². The molecule has 0 atom stereocenters. The standard InChI is InChI=1S/C14H14F3N3/c1-2-20-13-10(7-8-18-13)12(19-20)9-5-3-4-6-11(9)14(15,16)17/h3-6,18H,2,7-8H2,1H3. The molecule has 1 aromatic carbocycles. The van der Waals surface area contributed by atoms with Crippen LogP contribution in [0.15, 0.2) is 24.3 Å². The van der Waals surface area contributed by atoms with Crippen molar-refractivity contribution < 1.29 is 13.2 Å². The lowest BCUT2D eigenvalue weighted by Crippen LogP contribution is -2.08. The minimum absolute atomic E-state index is 0.159. The number of alkyl halides is 3. The number of rotatable bonds is 2. The van der Waals surface area contributed by atoms with Gasteiger partial charge in [0.1, 0.15) is 5.82 Å². The fourth-order valence-electron chi connectivity index (χ4n) is 2.62. The topological polar surface area (TPSA) is 29.9 Å². The van der Waals surface area contributed by atoms with E-state index in [1.165, 1.54) is 12.1 Å². The van der Waals surface area contributed by atoms with E-state index in [1.807, 2.05) is 6.92 Å². The van der Waals surface area contributed by atoms with Crippen molar-refractivity contribution in [1.82, 2.24) is 9.78 Å². The zero-order chi connectivity index (χ0) is 14.3. The predicted molar refractivity (Wildman–Crippen MR) is 70.5 cm³/mol. The largest absolute Gasteiger partial charge is 0.417 e. The lowest BCUT2D eigenvalue weighted by Gasteiger charge is -2.11. The van der Waals surface area contributed by atoms with Crippen LogP contribution in [0.3, 0.4) is 0 Å². The van der Waals surface area contributed by atoms with Crippen LogP contribution in [0.5, 0.6) is 0 Å². The molecule has 0 saturated heterocycles. The van der Waals surface area contributed by atoms with Crippen LogP contribution in [0.2, 0.25) is 0 Å². The van der Waals surface area contributed by atoms with Gasteiger partial charge in [-0.3, -0.25) is 0 Å². The Labute approximate surface area is 114 Å². The average molecular weight is 281 g/mol. The van der Waals surface area contributed by atoms with Gasteiger partial charge in [-0.2, -0.15) is 18.3 Å². The molecular formula is C14H14F3N3. The van der Waals surface area contributed by atoms with Crippen LogP contribution in [0, 0.1) is 0 Å². The number of hydrogen-bond donors (Lipinski definition) is 1. The number of fused-ring (bicyclic) bond motifs is 1. The van der Waals surface area contributed by atoms with Gasteiger partial charge in [0.05, 0.1) is 11.3 Å². The van der Waals surface area contributed by atoms with Crippen molar-refractivity contribution in [2.75, 3.05) is 11.9 Å². The quantitative estimate of drug-likeness (QED) is 0.912. The van der Waals surface area contributed by atoms with Crippen LogP contribution in [0.1, 0.15) is 18.1 Å². The second-order valence-corrected chi connectivity index (χ2v) is 4.71. The summed E-state index contributed by atoms with van der Waals surface area (Å²) in [6.07, 6.45) is -3.66. The number of aromatic nitrogens is 2. The normalized spacial score (nSPS) is 14.2. The third-order valence-corrected chi connectivity index (χ3v) is 3.51. The van der Waals surface area contributed by atoms with Gasteiger partial charge in [0.25, 0.3) is 0 Å². The first-order valence-corrected chi connectivity index (χ1v) is 6.52. The van der Waals surface area contributed by atoms with E-state index < -0.39 is 11.7 Å². The molecule has 0 aliphatic carbocycles. The Balaban J connectivity index is 2.20. The molecule has 20 heavy (non-hydrogen) atoms. The Bertz CT molecular complexity index is 644. The second kappa shape index (κ2) is 4.54. The molecule has 0 unspecified atom stereocenters. The van der Waals surface area contributed by atoms with Crippen molar-refractivity contribution in [2.45, 2.75) is 26.1 Å². The second-order valence-electron chi connectivity index (χ2n) is 4.71. The molecule has 0 bridgehead atoms. The maximum atomic E-state index is 13.1. The van der Waals surface area contributed by atoms with E-state index in [0.717, 1.165) is 24.0 Å². The summed E-state index contributed by atoms with van der Waals surface area (Å²) in [4.78, 5) is 0. The Hall–Kier alpha value is -1.98. The Morgan fingerprint density at radius 1 is 1.30 bits per heavy atom. The summed E-state index contributed by atoms with van der Waals surface area (Å²) in [6.45, 7) is 3.30. The predicted octanol–water partition coefficient (Wildman–Crippen LogP) is 3.56. The summed E-state index contributed by atoms with van der Waals surface area (Å²) in [5.41, 5.74) is 0.853. The smallest absolute Gasteiger partial charge is 0.370 e. The van der Waals surface area contributed by atoms with Gasteiger partial charge in [-0.05, 0) is 19.4 Å². The van der Waals surface area contributed by atoms with Gasteiger partial charge in [-0.1, -0.05) is 18.2 Å². The van der Waals surface area contributed by atoms with Crippen LogP contribution in [-0.4, -0.2) is 16.3 Å². The molecule has 2 aromatic rings. The number of hydrogen-bond acceptors (Lipinski definition) is 2. The van der Waals surface area contributed by atoms with Crippen molar-refractivity contribution in [2.24, 2.45) is 0 Å². The van der Waals surface area contributed by atoms with Gasteiger partial charge >= 0.3 is 6.18 Å². The van der Waals surface area contributed by atoms with Crippen molar-refractivity contribution in [3.8, 4) is 11.3 Å². The molecule has 2 heterocycles. The van der Waals surface area contributed by atoms with Gasteiger partial charge in [0.2, 0.25) is 0 Å². The number of nitrogens with one attached hydrogen (secondary N) is 1. The first-order valence-electron chi connectivity index (χ1n) is 6.52. The summed E-state index contributed by atoms with van der Waals surface area (Å²) in [5, 5.41) is 7.54. The van der Waals surface area contributed by atoms with Crippen molar-refractivity contribution >= 4 is 5.82 Å². The third kappa shape index (κ3) is 1.95. The lowest BCUT2D eigenvalue weighted by atomic mass is 10.0. The van der Waals surface area contributed by atoms with Crippen LogP contribution in [0.25, 0.3) is 11.3 Å². The minimum atomic E-state index is -4.37. The van der Waals surface area contributed by atoms with E-state index in [-0.39, 0.29) is 5.56 Å². The van der Waals surface area contributed by atoms with E-state index in [9.17, 15) is 13.2 Å². The number of benzene rings is 1. The molecule has 3 nitrogen and oxygen atoms in total. The summed E-state index contributed by atoms with van der Waals surface area (Å²) in [7, 11) is 0. The molecule has 6 heteroatoms. The lowest BCUT2D eigenvalue weighted by molar-refractivity contribution is -0.137. The monoisotopic (exact) mass is 281 g/mol. The van der Waals surface area contributed by atoms with E-state index in [2.05, 4.69) is 10.4 Å². The van der Waals surface area contributed by atoms with Crippen LogP contribution in [0.4, 0.5) is 19.0 Å². The number of halogens is 3. The zero-order valence-corrected chi connectivity index (χ0v) is 11.0. The van der Waals surface area contributed by atoms with Crippen molar-refractivity contribution in [3.05, 3.63) is 35.4 Å². The van der Waals surface area contributed by atoms with Gasteiger partial charge < -0.3 is 5.32 Å². The van der Waals surface area contributed by atoms with E-state index in [1.54, 1.807) is 10.7 Å². The molecule has 3 rings (SSSR count). The minimum Gasteiger partial charge on any atom is -0.370 e. The van der Waals surface area contributed by atoms with Gasteiger partial charge in [-0.25, -0.2) is 4.68 Å². The molecule has 1 aliphatic heterocycles. The van der Waals surface area contributed by atoms with Gasteiger partial charge in [0.15, 0.2) is 0 Å². The molecule has 1 aliphatic rings. The molecule has 0 spiro atoms. The van der Waals surface area contributed by atoms with E-state index in [0.29, 0.717) is 18.7 Å². The fourth-order valence-corrected chi connectivity index (χ4v) is 2.62. The molecule has 0 radical (unpaired) electrons. The average Bonchev–Trinajstić information content (AvgIpc) is 2.99. The summed E-state index contributed by atoms with van der Waals surface area (Å²) in [5.74, 6) is 0.847. The maximum absolute atomic E-state index is 13.1. The Morgan fingerprint density at radius 3 is 2.75 bits per heavy atom. The van der Waals surface area contributed by atoms with Gasteiger partial charge in [0, 0.05) is 24.2 Å². The van der Waals surface area contributed by atoms with Crippen LogP contribution >= 0.6 is 0 Å². The van der Waals surface area contributed by atoms with Crippen LogP contribution < -0.4 is 5.32 Å². The molecule has 1 aromatic heterocycles. The van der Waals surface area contributed by atoms with Gasteiger partial charge in [-0.15, -0.1) is 0 Å². The molecule has 0 amide bonds. The SMILES string of the molecule is CCn1nc(-c2ccccc2C(F)(F)F)c2c1NCC2. The Kier molecular flexibility index (Phi) is 2.96. The number of aryl methyl sites for hydroxylation is 1. The molecular weight excluding hydrogens is 267 g/mol. The molecule has 0 fully saturated rings. The first-order chi connectivity index (χ1) is 9.52. The summed E-state index contributed by atoms with van der Waals surface area (Å²) in [6, 6.07) is 5.62. The first kappa shape index (κ1) is 13.0. The maximum Gasteiger partial charge on any atom is 0.417 e. The van der Waals surface area contributed by atoms with Crippen molar-refractivity contribution in [3.63, 3.8) is 0 Å². The fraction of sp³-hybridized carbons (Fsp3) is 0.357. The molecule has 106 valence electrons. The van der Waals surface area contributed by atoms with Crippen LogP contribution in [-0.2, 0) is 19.1 Å². The van der Waals surface area contributed by atoms with E-state index >= 15 is 0 Å². The highest BCUT2D eigenvalue weighted by Gasteiger charge is 2.35. The summed E-state index contributed by atoms with van der Waals surface area (Å²) >= 11 is 0.